The SMILES string of the molecule is CC1CN(Cc2ccc(C(F)(F)F)cc2)C(=O)NC1=O. The van der Waals surface area contributed by atoms with Gasteiger partial charge in [-0.1, -0.05) is 19.1 Å². The summed E-state index contributed by atoms with van der Waals surface area (Å²) in [4.78, 5) is 24.3. The number of imide groups is 1. The quantitative estimate of drug-likeness (QED) is 0.907. The number of alkyl halides is 3. The van der Waals surface area contributed by atoms with Crippen molar-refractivity contribution in [3.63, 3.8) is 0 Å². The molecule has 0 bridgehead atoms. The maximum Gasteiger partial charge on any atom is 0.416 e. The van der Waals surface area contributed by atoms with Gasteiger partial charge in [-0.25, -0.2) is 4.79 Å². The average molecular weight is 286 g/mol. The topological polar surface area (TPSA) is 49.4 Å². The van der Waals surface area contributed by atoms with Gasteiger partial charge < -0.3 is 4.90 Å². The van der Waals surface area contributed by atoms with Gasteiger partial charge in [0.15, 0.2) is 0 Å². The van der Waals surface area contributed by atoms with Crippen LogP contribution in [0.1, 0.15) is 18.1 Å². The lowest BCUT2D eigenvalue weighted by atomic mass is 10.1. The first-order valence-electron chi connectivity index (χ1n) is 6.03. The Labute approximate surface area is 113 Å². The second-order valence-corrected chi connectivity index (χ2v) is 4.77. The third kappa shape index (κ3) is 3.09. The standard InChI is InChI=1S/C13H13F3N2O2/c1-8-6-18(12(20)17-11(8)19)7-9-2-4-10(5-3-9)13(14,15)16/h2-5,8H,6-7H2,1H3,(H,17,19,20). The molecule has 2 rings (SSSR count). The second-order valence-electron chi connectivity index (χ2n) is 4.77. The Hall–Kier alpha value is -2.05. The van der Waals surface area contributed by atoms with Crippen molar-refractivity contribution in [2.24, 2.45) is 5.92 Å². The Morgan fingerprint density at radius 3 is 2.40 bits per heavy atom. The highest BCUT2D eigenvalue weighted by Crippen LogP contribution is 2.29. The molecule has 3 amide bonds. The number of amides is 3. The summed E-state index contributed by atoms with van der Waals surface area (Å²) in [6.07, 6.45) is -4.37. The molecule has 0 aromatic heterocycles. The predicted molar refractivity (Wildman–Crippen MR) is 64.6 cm³/mol. The molecule has 108 valence electrons. The molecule has 1 aliphatic heterocycles. The van der Waals surface area contributed by atoms with Crippen LogP contribution in [0.4, 0.5) is 18.0 Å². The number of hydrogen-bond donors (Lipinski definition) is 1. The van der Waals surface area contributed by atoms with Crippen LogP contribution >= 0.6 is 0 Å². The van der Waals surface area contributed by atoms with E-state index in [2.05, 4.69) is 5.32 Å². The van der Waals surface area contributed by atoms with Crippen LogP contribution in [0, 0.1) is 5.92 Å². The lowest BCUT2D eigenvalue weighted by Crippen LogP contribution is -2.53. The zero-order valence-electron chi connectivity index (χ0n) is 10.7. The summed E-state index contributed by atoms with van der Waals surface area (Å²) in [5.41, 5.74) is -0.150. The van der Waals surface area contributed by atoms with E-state index in [0.717, 1.165) is 12.1 Å². The highest BCUT2D eigenvalue weighted by Gasteiger charge is 2.31. The van der Waals surface area contributed by atoms with E-state index in [-0.39, 0.29) is 24.9 Å². The van der Waals surface area contributed by atoms with Gasteiger partial charge in [0.2, 0.25) is 5.91 Å². The van der Waals surface area contributed by atoms with Crippen molar-refractivity contribution >= 4 is 11.9 Å². The third-order valence-electron chi connectivity index (χ3n) is 3.11. The fourth-order valence-corrected chi connectivity index (χ4v) is 1.96. The van der Waals surface area contributed by atoms with Gasteiger partial charge in [-0.05, 0) is 17.7 Å². The maximum absolute atomic E-state index is 12.4. The van der Waals surface area contributed by atoms with Crippen LogP contribution in [0.3, 0.4) is 0 Å². The summed E-state index contributed by atoms with van der Waals surface area (Å²) in [5, 5.41) is 2.20. The molecular weight excluding hydrogens is 273 g/mol. The molecule has 7 heteroatoms. The van der Waals surface area contributed by atoms with Crippen molar-refractivity contribution < 1.29 is 22.8 Å². The highest BCUT2D eigenvalue weighted by molar-refractivity contribution is 5.97. The molecule has 1 atom stereocenters. The van der Waals surface area contributed by atoms with Crippen molar-refractivity contribution in [1.82, 2.24) is 10.2 Å². The van der Waals surface area contributed by atoms with E-state index >= 15 is 0 Å². The minimum Gasteiger partial charge on any atom is -0.319 e. The fraction of sp³-hybridized carbons (Fsp3) is 0.385. The first-order chi connectivity index (χ1) is 9.27. The van der Waals surface area contributed by atoms with Gasteiger partial charge in [0.05, 0.1) is 11.5 Å². The minimum atomic E-state index is -4.37. The molecule has 1 aromatic rings. The van der Waals surface area contributed by atoms with Crippen LogP contribution in [-0.2, 0) is 17.5 Å². The minimum absolute atomic E-state index is 0.168. The lowest BCUT2D eigenvalue weighted by Gasteiger charge is -2.30. The van der Waals surface area contributed by atoms with Crippen molar-refractivity contribution in [3.8, 4) is 0 Å². The summed E-state index contributed by atoms with van der Waals surface area (Å²) in [6, 6.07) is 4.10. The number of carbonyl (C=O) groups excluding carboxylic acids is 2. The Bertz CT molecular complexity index is 525. The molecule has 20 heavy (non-hydrogen) atoms. The summed E-state index contributed by atoms with van der Waals surface area (Å²) >= 11 is 0. The van der Waals surface area contributed by atoms with E-state index in [1.54, 1.807) is 6.92 Å². The number of halogens is 3. The van der Waals surface area contributed by atoms with Crippen molar-refractivity contribution in [2.75, 3.05) is 6.54 Å². The molecule has 1 aliphatic rings. The third-order valence-corrected chi connectivity index (χ3v) is 3.11. The number of urea groups is 1. The molecule has 1 aromatic carbocycles. The van der Waals surface area contributed by atoms with Gasteiger partial charge in [0, 0.05) is 13.1 Å². The van der Waals surface area contributed by atoms with Crippen LogP contribution < -0.4 is 5.32 Å². The molecular formula is C13H13F3N2O2. The van der Waals surface area contributed by atoms with Crippen LogP contribution in [0.2, 0.25) is 0 Å². The van der Waals surface area contributed by atoms with E-state index in [9.17, 15) is 22.8 Å². The Balaban J connectivity index is 2.07. The van der Waals surface area contributed by atoms with Crippen LogP contribution in [0.25, 0.3) is 0 Å². The highest BCUT2D eigenvalue weighted by atomic mass is 19.4. The van der Waals surface area contributed by atoms with E-state index in [4.69, 9.17) is 0 Å². The van der Waals surface area contributed by atoms with Crippen LogP contribution in [0.15, 0.2) is 24.3 Å². The molecule has 1 saturated heterocycles. The molecule has 1 unspecified atom stereocenters. The van der Waals surface area contributed by atoms with Gasteiger partial charge in [0.25, 0.3) is 0 Å². The second kappa shape index (κ2) is 5.15. The summed E-state index contributed by atoms with van der Waals surface area (Å²) < 4.78 is 37.3. The van der Waals surface area contributed by atoms with Crippen molar-refractivity contribution in [3.05, 3.63) is 35.4 Å². The Kier molecular flexibility index (Phi) is 3.69. The summed E-state index contributed by atoms with van der Waals surface area (Å²) in [7, 11) is 0. The normalized spacial score (nSPS) is 20.0. The summed E-state index contributed by atoms with van der Waals surface area (Å²) in [5.74, 6) is -0.666. The van der Waals surface area contributed by atoms with Gasteiger partial charge in [0.1, 0.15) is 0 Å². The number of nitrogens with one attached hydrogen (secondary N) is 1. The van der Waals surface area contributed by atoms with Crippen molar-refractivity contribution in [2.45, 2.75) is 19.6 Å². The Morgan fingerprint density at radius 1 is 1.25 bits per heavy atom. The molecule has 0 aliphatic carbocycles. The van der Waals surface area contributed by atoms with E-state index < -0.39 is 17.8 Å². The maximum atomic E-state index is 12.4. The molecule has 1 heterocycles. The molecule has 0 radical (unpaired) electrons. The number of nitrogens with zero attached hydrogens (tertiary/aromatic N) is 1. The first-order valence-corrected chi connectivity index (χ1v) is 6.03. The largest absolute Gasteiger partial charge is 0.416 e. The molecule has 1 fully saturated rings. The van der Waals surface area contributed by atoms with Crippen LogP contribution in [0.5, 0.6) is 0 Å². The molecule has 0 saturated carbocycles. The van der Waals surface area contributed by atoms with Gasteiger partial charge in [-0.3, -0.25) is 10.1 Å². The van der Waals surface area contributed by atoms with Gasteiger partial charge in [-0.2, -0.15) is 13.2 Å². The number of carbonyl (C=O) groups is 2. The average Bonchev–Trinajstić information content (AvgIpc) is 2.35. The molecule has 0 spiro atoms. The van der Waals surface area contributed by atoms with E-state index in [1.165, 1.54) is 17.0 Å². The van der Waals surface area contributed by atoms with Crippen molar-refractivity contribution in [1.29, 1.82) is 0 Å². The molecule has 1 N–H and O–H groups in total. The zero-order valence-corrected chi connectivity index (χ0v) is 10.7. The lowest BCUT2D eigenvalue weighted by molar-refractivity contribution is -0.137. The number of rotatable bonds is 2. The van der Waals surface area contributed by atoms with Crippen LogP contribution in [-0.4, -0.2) is 23.4 Å². The Morgan fingerprint density at radius 2 is 1.85 bits per heavy atom. The monoisotopic (exact) mass is 286 g/mol. The fourth-order valence-electron chi connectivity index (χ4n) is 1.96. The summed E-state index contributed by atoms with van der Waals surface area (Å²) in [6.45, 7) is 2.11. The van der Waals surface area contributed by atoms with Gasteiger partial charge >= 0.3 is 12.2 Å². The number of hydrogen-bond acceptors (Lipinski definition) is 2. The predicted octanol–water partition coefficient (Wildman–Crippen LogP) is 2.39. The van der Waals surface area contributed by atoms with E-state index in [0.29, 0.717) is 5.56 Å². The molecule has 4 nitrogen and oxygen atoms in total. The van der Waals surface area contributed by atoms with Gasteiger partial charge in [-0.15, -0.1) is 0 Å². The number of benzene rings is 1. The smallest absolute Gasteiger partial charge is 0.319 e. The first kappa shape index (κ1) is 14.4. The van der Waals surface area contributed by atoms with E-state index in [1.807, 2.05) is 0 Å². The zero-order chi connectivity index (χ0) is 14.9.